The van der Waals surface area contributed by atoms with Crippen LogP contribution in [0.3, 0.4) is 0 Å². The Balaban J connectivity index is 1.10. The normalized spacial score (nSPS) is 20.4. The summed E-state index contributed by atoms with van der Waals surface area (Å²) in [6.45, 7) is 4.11. The van der Waals surface area contributed by atoms with Crippen LogP contribution < -0.4 is 54.0 Å². The number of rotatable bonds is 32. The van der Waals surface area contributed by atoms with Crippen molar-refractivity contribution < 1.29 is 81.9 Å². The molecule has 29 nitrogen and oxygen atoms in total. The number of phenolic OH excluding ortho intramolecular Hbond substituents is 1. The number of para-hydroxylation sites is 1. The van der Waals surface area contributed by atoms with Crippen molar-refractivity contribution in [1.29, 1.82) is 0 Å². The summed E-state index contributed by atoms with van der Waals surface area (Å²) >= 11 is 0. The first-order chi connectivity index (χ1) is 48.3. The number of aliphatic carboxylic acids is 1. The zero-order chi connectivity index (χ0) is 71.8. The number of fused-ring (bicyclic) bond motifs is 1. The summed E-state index contributed by atoms with van der Waals surface area (Å²) in [5, 5.41) is 42.8. The number of hydrogen-bond acceptors (Lipinski definition) is 19. The Labute approximate surface area is 586 Å². The zero-order valence-corrected chi connectivity index (χ0v) is 57.3. The number of likely N-dealkylation sites (tertiary alicyclic amines) is 1. The Morgan fingerprint density at radius 2 is 1.20 bits per heavy atom. The highest BCUT2D eigenvalue weighted by Crippen LogP contribution is 2.26. The lowest BCUT2D eigenvalue weighted by molar-refractivity contribution is -0.142. The molecule has 0 saturated carbocycles. The second kappa shape index (κ2) is 41.5. The van der Waals surface area contributed by atoms with Gasteiger partial charge in [0.05, 0.1) is 52.9 Å². The van der Waals surface area contributed by atoms with Crippen molar-refractivity contribution in [3.8, 4) is 5.75 Å². The maximum absolute atomic E-state index is 15.1. The molecule has 0 aliphatic carbocycles. The molecule has 0 unspecified atom stereocenters. The van der Waals surface area contributed by atoms with Gasteiger partial charge in [-0.2, -0.15) is 0 Å². The first-order valence-electron chi connectivity index (χ1n) is 33.2. The molecule has 9 atom stereocenters. The standard InChI is InChI=1S/C69H90N12O17S2/c1-43-61(85)77-55(40-47-41-72-50-16-9-8-15-49(47)50)66(90)80-57(69(93)94)42-100-99-36-25-52(63(87)75-51(22-23-59(71)83)62(86)78-54(64(88)73-43)37-44-11-4-2-5-12-44)76-67(91)58-17-10-27-81(58)68(92)56(39-45-13-6-3-7-14-45)79-65(89)53(38-46-18-20-48(82)21-19-46)74-60(84)24-28-95-30-32-97-34-35-98-33-31-96-29-26-70/h2-9,11-16,18-21,41,43,51-58,72,82H,10,17,22-40,42,70H2,1H3,(H2,71,83)(H,73,88)(H,74,84)(H,75,87)(H,76,91)(H,77,85)(H,78,86)(H,79,89)(H,80,90)(H,93,94)/t43-,51-,52+,53-,54-,55-,56-,57-,58-/m0/s1. The van der Waals surface area contributed by atoms with E-state index in [1.165, 1.54) is 24.0 Å². The lowest BCUT2D eigenvalue weighted by atomic mass is 10.0. The van der Waals surface area contributed by atoms with Crippen LogP contribution in [-0.4, -0.2) is 217 Å². The molecule has 31 heteroatoms. The molecule has 2 saturated heterocycles. The summed E-state index contributed by atoms with van der Waals surface area (Å²) in [6.07, 6.45) is 0.608. The maximum Gasteiger partial charge on any atom is 0.327 e. The average Bonchev–Trinajstić information content (AvgIpc) is 1.60. The number of aromatic hydroxyl groups is 1. The third-order valence-corrected chi connectivity index (χ3v) is 18.8. The number of nitrogens with one attached hydrogen (secondary N) is 9. The molecule has 1 aromatic heterocycles. The minimum absolute atomic E-state index is 0.0159. The van der Waals surface area contributed by atoms with E-state index in [0.717, 1.165) is 32.5 Å². The number of aromatic amines is 1. The van der Waals surface area contributed by atoms with Crippen LogP contribution in [0.4, 0.5) is 0 Å². The van der Waals surface area contributed by atoms with E-state index < -0.39 is 126 Å². The minimum atomic E-state index is -1.57. The maximum atomic E-state index is 15.1. The van der Waals surface area contributed by atoms with Crippen LogP contribution in [0.25, 0.3) is 10.9 Å². The summed E-state index contributed by atoms with van der Waals surface area (Å²) in [7, 11) is 2.12. The summed E-state index contributed by atoms with van der Waals surface area (Å²) in [6, 6.07) is 18.1. The van der Waals surface area contributed by atoms with Gasteiger partial charge in [0.25, 0.3) is 0 Å². The zero-order valence-electron chi connectivity index (χ0n) is 55.7. The van der Waals surface area contributed by atoms with Crippen molar-refractivity contribution in [2.24, 2.45) is 11.5 Å². The smallest absolute Gasteiger partial charge is 0.327 e. The lowest BCUT2D eigenvalue weighted by Crippen LogP contribution is -2.60. The molecule has 7 rings (SSSR count). The molecule has 0 radical (unpaired) electrons. The minimum Gasteiger partial charge on any atom is -0.508 e. The largest absolute Gasteiger partial charge is 0.508 e. The van der Waals surface area contributed by atoms with Crippen molar-refractivity contribution in [2.45, 2.75) is 126 Å². The number of ether oxygens (including phenoxy) is 4. The number of aromatic nitrogens is 1. The number of H-pyrrole nitrogens is 1. The van der Waals surface area contributed by atoms with E-state index in [9.17, 15) is 58.2 Å². The molecular weight excluding hydrogens is 1330 g/mol. The molecule has 5 aromatic rings. The highest BCUT2D eigenvalue weighted by Gasteiger charge is 2.41. The molecule has 2 aliphatic rings. The van der Waals surface area contributed by atoms with E-state index in [4.69, 9.17) is 30.4 Å². The monoisotopic (exact) mass is 1420 g/mol. The Hall–Kier alpha value is -9.11. The summed E-state index contributed by atoms with van der Waals surface area (Å²) < 4.78 is 21.9. The van der Waals surface area contributed by atoms with Gasteiger partial charge in [0.15, 0.2) is 0 Å². The van der Waals surface area contributed by atoms with E-state index in [0.29, 0.717) is 68.3 Å². The summed E-state index contributed by atoms with van der Waals surface area (Å²) in [5.74, 6) is -9.58. The number of hydrogen-bond donors (Lipinski definition) is 13. The second-order valence-corrected chi connectivity index (χ2v) is 26.6. The third kappa shape index (κ3) is 25.9. The number of carbonyl (C=O) groups excluding carboxylic acids is 10. The van der Waals surface area contributed by atoms with Crippen molar-refractivity contribution in [2.75, 3.05) is 77.5 Å². The fourth-order valence-corrected chi connectivity index (χ4v) is 13.3. The third-order valence-electron chi connectivity index (χ3n) is 16.4. The van der Waals surface area contributed by atoms with Gasteiger partial charge >= 0.3 is 5.97 Å². The summed E-state index contributed by atoms with van der Waals surface area (Å²) in [4.78, 5) is 160. The van der Waals surface area contributed by atoms with Crippen LogP contribution in [-0.2, 0) is 97.4 Å². The van der Waals surface area contributed by atoms with Crippen molar-refractivity contribution in [3.63, 3.8) is 0 Å². The van der Waals surface area contributed by atoms with Gasteiger partial charge in [-0.25, -0.2) is 4.79 Å². The fourth-order valence-electron chi connectivity index (χ4n) is 11.1. The number of nitrogens with two attached hydrogens (primary N) is 2. The van der Waals surface area contributed by atoms with E-state index >= 15 is 4.79 Å². The molecule has 10 amide bonds. The molecule has 0 bridgehead atoms. The van der Waals surface area contributed by atoms with Gasteiger partial charge in [-0.05, 0) is 73.1 Å². The molecule has 540 valence electrons. The van der Waals surface area contributed by atoms with E-state index in [1.54, 1.807) is 85.1 Å². The number of carbonyl (C=O) groups is 11. The van der Waals surface area contributed by atoms with Gasteiger partial charge in [0.1, 0.15) is 60.1 Å². The number of carboxylic acids is 1. The van der Waals surface area contributed by atoms with Crippen LogP contribution >= 0.6 is 21.6 Å². The van der Waals surface area contributed by atoms with Crippen LogP contribution in [0.2, 0.25) is 0 Å². The van der Waals surface area contributed by atoms with Crippen molar-refractivity contribution in [1.82, 2.24) is 52.4 Å². The van der Waals surface area contributed by atoms with Crippen LogP contribution in [0.5, 0.6) is 5.75 Å². The Morgan fingerprint density at radius 1 is 0.620 bits per heavy atom. The Morgan fingerprint density at radius 3 is 1.87 bits per heavy atom. The van der Waals surface area contributed by atoms with Gasteiger partial charge in [-0.15, -0.1) is 0 Å². The SMILES string of the molecule is C[C@@H]1NC(=O)[C@H](Cc2ccccc2)NC(=O)[C@H](CCC(N)=O)NC(=O)[C@H](NC(=O)[C@@H]2CCCN2C(=O)[C@H](Cc2ccccc2)NC(=O)[C@H](Cc2ccc(O)cc2)NC(=O)CCOCCOCCOCCOCCN)CCSSC[C@@H](C(=O)O)NC(=O)[C@H](Cc2c[nH]c3ccccc23)NC1=O. The van der Waals surface area contributed by atoms with Crippen LogP contribution in [0, 0.1) is 0 Å². The number of nitrogens with zero attached hydrogens (tertiary/aromatic N) is 1. The highest BCUT2D eigenvalue weighted by atomic mass is 33.1. The number of benzene rings is 4. The lowest BCUT2D eigenvalue weighted by Gasteiger charge is -2.31. The molecule has 0 spiro atoms. The predicted molar refractivity (Wildman–Crippen MR) is 373 cm³/mol. The molecule has 3 heterocycles. The molecule has 15 N–H and O–H groups in total. The van der Waals surface area contributed by atoms with Gasteiger partial charge in [-0.1, -0.05) is 113 Å². The van der Waals surface area contributed by atoms with Crippen molar-refractivity contribution >= 4 is 97.5 Å². The second-order valence-electron chi connectivity index (χ2n) is 23.9. The molecule has 2 aliphatic heterocycles. The van der Waals surface area contributed by atoms with Gasteiger partial charge in [-0.3, -0.25) is 47.9 Å². The Kier molecular flexibility index (Phi) is 32.4. The van der Waals surface area contributed by atoms with Crippen LogP contribution in [0.15, 0.2) is 115 Å². The number of primary amides is 1. The molecule has 100 heavy (non-hydrogen) atoms. The predicted octanol–water partition coefficient (Wildman–Crippen LogP) is 0.584. The average molecular weight is 1420 g/mol. The number of amides is 10. The van der Waals surface area contributed by atoms with Gasteiger partial charge in [0.2, 0.25) is 59.1 Å². The summed E-state index contributed by atoms with van der Waals surface area (Å²) in [5.41, 5.74) is 14.1. The van der Waals surface area contributed by atoms with E-state index in [1.807, 2.05) is 18.2 Å². The quantitative estimate of drug-likeness (QED) is 0.0207. The number of carboxylic acid groups (broad SMARTS) is 1. The number of phenols is 1. The topological polar surface area (TPSA) is 432 Å². The van der Waals surface area contributed by atoms with Crippen molar-refractivity contribution in [3.05, 3.63) is 138 Å². The first-order valence-corrected chi connectivity index (χ1v) is 35.6. The Bertz CT molecular complexity index is 3520. The van der Waals surface area contributed by atoms with E-state index in [2.05, 4.69) is 47.5 Å². The molecule has 2 fully saturated rings. The van der Waals surface area contributed by atoms with Gasteiger partial charge < -0.3 is 93.0 Å². The van der Waals surface area contributed by atoms with E-state index in [-0.39, 0.29) is 95.0 Å². The van der Waals surface area contributed by atoms with Gasteiger partial charge in [0, 0.05) is 80.2 Å². The highest BCUT2D eigenvalue weighted by molar-refractivity contribution is 8.76. The van der Waals surface area contributed by atoms with Crippen LogP contribution in [0.1, 0.15) is 67.7 Å². The fraction of sp³-hybridized carbons (Fsp3) is 0.464. The first kappa shape index (κ1) is 78.2. The molecule has 4 aromatic carbocycles. The molecular formula is C69H90N12O17S2.